The predicted molar refractivity (Wildman–Crippen MR) is 117 cm³/mol. The van der Waals surface area contributed by atoms with E-state index in [4.69, 9.17) is 44.3 Å². The standard InChI is InChI=1S/C19H15BrClN3O3S/c1-26-17-7-11(6-12(9-22)19(23)28)2-5-16(17)27-10-18(25)24-13-3-4-14(20)15(21)8-13/h2-8H,10H2,1H3,(H2,23,28)(H,24,25)/b12-6+. The molecule has 2 aromatic rings. The Hall–Kier alpha value is -2.60. The summed E-state index contributed by atoms with van der Waals surface area (Å²) in [5, 5.41) is 12.2. The predicted octanol–water partition coefficient (Wildman–Crippen LogP) is 4.32. The molecule has 0 radical (unpaired) electrons. The highest BCUT2D eigenvalue weighted by molar-refractivity contribution is 9.10. The van der Waals surface area contributed by atoms with Crippen molar-refractivity contribution in [1.82, 2.24) is 0 Å². The molecule has 28 heavy (non-hydrogen) atoms. The van der Waals surface area contributed by atoms with Crippen LogP contribution in [0, 0.1) is 11.3 Å². The average molecular weight is 481 g/mol. The van der Waals surface area contributed by atoms with Gasteiger partial charge in [0.25, 0.3) is 5.91 Å². The number of nitrogens with zero attached hydrogens (tertiary/aromatic N) is 1. The van der Waals surface area contributed by atoms with Crippen molar-refractivity contribution in [3.8, 4) is 17.6 Å². The van der Waals surface area contributed by atoms with Gasteiger partial charge in [-0.05, 0) is 57.9 Å². The summed E-state index contributed by atoms with van der Waals surface area (Å²) in [6, 6.07) is 12.0. The van der Waals surface area contributed by atoms with Crippen LogP contribution in [0.1, 0.15) is 5.56 Å². The van der Waals surface area contributed by atoms with Gasteiger partial charge in [0, 0.05) is 10.2 Å². The number of methoxy groups -OCH3 is 1. The van der Waals surface area contributed by atoms with E-state index in [1.807, 2.05) is 6.07 Å². The maximum atomic E-state index is 12.1. The highest BCUT2D eigenvalue weighted by Crippen LogP contribution is 2.29. The van der Waals surface area contributed by atoms with Crippen LogP contribution in [-0.4, -0.2) is 24.6 Å². The van der Waals surface area contributed by atoms with Gasteiger partial charge < -0.3 is 20.5 Å². The minimum atomic E-state index is -0.357. The highest BCUT2D eigenvalue weighted by atomic mass is 79.9. The van der Waals surface area contributed by atoms with Crippen LogP contribution in [0.25, 0.3) is 6.08 Å². The third-order valence-electron chi connectivity index (χ3n) is 3.45. The Labute approximate surface area is 181 Å². The van der Waals surface area contributed by atoms with Crippen molar-refractivity contribution in [3.05, 3.63) is 57.0 Å². The van der Waals surface area contributed by atoms with E-state index in [1.54, 1.807) is 42.5 Å². The van der Waals surface area contributed by atoms with Crippen molar-refractivity contribution in [2.75, 3.05) is 19.0 Å². The fourth-order valence-electron chi connectivity index (χ4n) is 2.13. The summed E-state index contributed by atoms with van der Waals surface area (Å²) in [5.41, 5.74) is 6.87. The number of thiocarbonyl (C=S) groups is 1. The van der Waals surface area contributed by atoms with Crippen LogP contribution in [0.2, 0.25) is 5.02 Å². The molecule has 0 heterocycles. The third kappa shape index (κ3) is 5.96. The first-order chi connectivity index (χ1) is 13.3. The maximum Gasteiger partial charge on any atom is 0.262 e. The summed E-state index contributed by atoms with van der Waals surface area (Å²) < 4.78 is 11.6. The molecular weight excluding hydrogens is 466 g/mol. The number of nitrogens with two attached hydrogens (primary N) is 1. The lowest BCUT2D eigenvalue weighted by atomic mass is 10.1. The van der Waals surface area contributed by atoms with E-state index in [9.17, 15) is 4.79 Å². The molecule has 3 N–H and O–H groups in total. The topological polar surface area (TPSA) is 97.4 Å². The zero-order valence-electron chi connectivity index (χ0n) is 14.7. The Balaban J connectivity index is 2.07. The number of benzene rings is 2. The smallest absolute Gasteiger partial charge is 0.262 e. The van der Waals surface area contributed by atoms with Gasteiger partial charge in [0.1, 0.15) is 11.1 Å². The Morgan fingerprint density at radius 1 is 1.36 bits per heavy atom. The lowest BCUT2D eigenvalue weighted by Crippen LogP contribution is -2.20. The van der Waals surface area contributed by atoms with Gasteiger partial charge in [-0.3, -0.25) is 4.79 Å². The molecule has 1 amide bonds. The van der Waals surface area contributed by atoms with E-state index in [0.29, 0.717) is 27.8 Å². The minimum absolute atomic E-state index is 0.00603. The largest absolute Gasteiger partial charge is 0.493 e. The number of hydrogen-bond acceptors (Lipinski definition) is 5. The van der Waals surface area contributed by atoms with Crippen molar-refractivity contribution in [2.45, 2.75) is 0 Å². The molecular formula is C19H15BrClN3O3S. The van der Waals surface area contributed by atoms with E-state index in [0.717, 1.165) is 4.47 Å². The van der Waals surface area contributed by atoms with Gasteiger partial charge >= 0.3 is 0 Å². The van der Waals surface area contributed by atoms with Crippen molar-refractivity contribution in [1.29, 1.82) is 5.26 Å². The quantitative estimate of drug-likeness (QED) is 0.348. The number of nitrogens with one attached hydrogen (secondary N) is 1. The van der Waals surface area contributed by atoms with Crippen LogP contribution in [-0.2, 0) is 4.79 Å². The Morgan fingerprint density at radius 3 is 2.71 bits per heavy atom. The van der Waals surface area contributed by atoms with Gasteiger partial charge in [-0.1, -0.05) is 29.9 Å². The molecule has 0 bridgehead atoms. The van der Waals surface area contributed by atoms with Crippen molar-refractivity contribution in [3.63, 3.8) is 0 Å². The number of ether oxygens (including phenoxy) is 2. The fourth-order valence-corrected chi connectivity index (χ4v) is 2.66. The second-order valence-electron chi connectivity index (χ2n) is 5.41. The van der Waals surface area contributed by atoms with E-state index >= 15 is 0 Å². The van der Waals surface area contributed by atoms with Crippen molar-refractivity contribution < 1.29 is 14.3 Å². The maximum absolute atomic E-state index is 12.1. The summed E-state index contributed by atoms with van der Waals surface area (Å²) >= 11 is 14.1. The monoisotopic (exact) mass is 479 g/mol. The molecule has 2 rings (SSSR count). The van der Waals surface area contributed by atoms with Crippen LogP contribution in [0.15, 0.2) is 46.4 Å². The molecule has 0 aliphatic rings. The first kappa shape index (κ1) is 21.7. The first-order valence-electron chi connectivity index (χ1n) is 7.81. The van der Waals surface area contributed by atoms with E-state index in [-0.39, 0.29) is 23.1 Å². The van der Waals surface area contributed by atoms with Crippen molar-refractivity contribution in [2.24, 2.45) is 5.73 Å². The second kappa shape index (κ2) is 10.1. The average Bonchev–Trinajstić information content (AvgIpc) is 2.67. The SMILES string of the molecule is COc1cc(/C=C(\C#N)C(N)=S)ccc1OCC(=O)Nc1ccc(Br)c(Cl)c1. The zero-order valence-corrected chi connectivity index (χ0v) is 17.8. The number of carbonyl (C=O) groups excluding carboxylic acids is 1. The number of anilines is 1. The number of halogens is 2. The van der Waals surface area contributed by atoms with Gasteiger partial charge in [-0.15, -0.1) is 0 Å². The second-order valence-corrected chi connectivity index (χ2v) is 7.11. The van der Waals surface area contributed by atoms with E-state index < -0.39 is 0 Å². The molecule has 2 aromatic carbocycles. The molecule has 144 valence electrons. The molecule has 0 fully saturated rings. The molecule has 0 spiro atoms. The number of amides is 1. The number of hydrogen-bond donors (Lipinski definition) is 2. The van der Waals surface area contributed by atoms with Gasteiger partial charge in [-0.25, -0.2) is 0 Å². The van der Waals surface area contributed by atoms with E-state index in [2.05, 4.69) is 21.2 Å². The summed E-state index contributed by atoms with van der Waals surface area (Å²) in [7, 11) is 1.47. The van der Waals surface area contributed by atoms with Crippen LogP contribution in [0.4, 0.5) is 5.69 Å². The fraction of sp³-hybridized carbons (Fsp3) is 0.105. The third-order valence-corrected chi connectivity index (χ3v) is 4.90. The van der Waals surface area contributed by atoms with Gasteiger partial charge in [0.15, 0.2) is 18.1 Å². The van der Waals surface area contributed by atoms with Gasteiger partial charge in [-0.2, -0.15) is 5.26 Å². The molecule has 0 aromatic heterocycles. The van der Waals surface area contributed by atoms with Crippen LogP contribution in [0.5, 0.6) is 11.5 Å². The summed E-state index contributed by atoms with van der Waals surface area (Å²) in [4.78, 5) is 12.1. The first-order valence-corrected chi connectivity index (χ1v) is 9.39. The lowest BCUT2D eigenvalue weighted by molar-refractivity contribution is -0.118. The summed E-state index contributed by atoms with van der Waals surface area (Å²) in [6.07, 6.45) is 1.54. The normalized spacial score (nSPS) is 10.7. The highest BCUT2D eigenvalue weighted by Gasteiger charge is 2.10. The van der Waals surface area contributed by atoms with E-state index in [1.165, 1.54) is 7.11 Å². The van der Waals surface area contributed by atoms with Crippen molar-refractivity contribution >= 4 is 62.4 Å². The molecule has 0 atom stereocenters. The molecule has 9 heteroatoms. The van der Waals surface area contributed by atoms with Crippen LogP contribution >= 0.6 is 39.7 Å². The Kier molecular flexibility index (Phi) is 7.81. The Bertz CT molecular complexity index is 989. The van der Waals surface area contributed by atoms with Crippen LogP contribution < -0.4 is 20.5 Å². The number of rotatable bonds is 7. The van der Waals surface area contributed by atoms with Gasteiger partial charge in [0.2, 0.25) is 0 Å². The Morgan fingerprint density at radius 2 is 2.11 bits per heavy atom. The van der Waals surface area contributed by atoms with Crippen LogP contribution in [0.3, 0.4) is 0 Å². The summed E-state index contributed by atoms with van der Waals surface area (Å²) in [6.45, 7) is -0.227. The molecule has 6 nitrogen and oxygen atoms in total. The molecule has 0 unspecified atom stereocenters. The minimum Gasteiger partial charge on any atom is -0.493 e. The number of carbonyl (C=O) groups is 1. The lowest BCUT2D eigenvalue weighted by Gasteiger charge is -2.12. The number of nitriles is 1. The zero-order chi connectivity index (χ0) is 20.7. The summed E-state index contributed by atoms with van der Waals surface area (Å²) in [5.74, 6) is 0.413. The molecule has 0 saturated heterocycles. The van der Waals surface area contributed by atoms with Gasteiger partial charge in [0.05, 0.1) is 17.7 Å². The molecule has 0 saturated carbocycles. The molecule has 0 aliphatic carbocycles. The molecule has 0 aliphatic heterocycles.